The van der Waals surface area contributed by atoms with E-state index < -0.39 is 5.97 Å². The Bertz CT molecular complexity index is 551. The van der Waals surface area contributed by atoms with Gasteiger partial charge in [-0.05, 0) is 25.3 Å². The number of aromatic nitrogens is 2. The van der Waals surface area contributed by atoms with Crippen LogP contribution in [0.3, 0.4) is 0 Å². The molecule has 2 aromatic heterocycles. The van der Waals surface area contributed by atoms with Crippen LogP contribution in [0.25, 0.3) is 0 Å². The Morgan fingerprint density at radius 2 is 2.40 bits per heavy atom. The van der Waals surface area contributed by atoms with Crippen LogP contribution in [0, 0.1) is 0 Å². The van der Waals surface area contributed by atoms with E-state index in [2.05, 4.69) is 10.4 Å². The van der Waals surface area contributed by atoms with Crippen molar-refractivity contribution in [1.82, 2.24) is 15.1 Å². The first-order valence-electron chi connectivity index (χ1n) is 6.63. The molecule has 2 N–H and O–H groups in total. The van der Waals surface area contributed by atoms with Gasteiger partial charge >= 0.3 is 5.97 Å². The molecule has 0 bridgehead atoms. The fraction of sp³-hybridized carbons (Fsp3) is 0.429. The molecule has 5 nitrogen and oxygen atoms in total. The molecule has 0 aliphatic carbocycles. The zero-order chi connectivity index (χ0) is 14.5. The van der Waals surface area contributed by atoms with Crippen molar-refractivity contribution in [2.75, 3.05) is 0 Å². The van der Waals surface area contributed by atoms with Crippen LogP contribution >= 0.6 is 11.3 Å². The van der Waals surface area contributed by atoms with Gasteiger partial charge in [-0.2, -0.15) is 5.10 Å². The summed E-state index contributed by atoms with van der Waals surface area (Å²) in [5.74, 6) is -0.799. The van der Waals surface area contributed by atoms with Gasteiger partial charge in [-0.25, -0.2) is 0 Å². The predicted molar refractivity (Wildman–Crippen MR) is 78.8 cm³/mol. The van der Waals surface area contributed by atoms with Crippen molar-refractivity contribution in [2.45, 2.75) is 38.9 Å². The topological polar surface area (TPSA) is 67.2 Å². The van der Waals surface area contributed by atoms with Crippen LogP contribution in [0.15, 0.2) is 29.9 Å². The van der Waals surface area contributed by atoms with Gasteiger partial charge in [0.2, 0.25) is 0 Å². The molecule has 0 fully saturated rings. The van der Waals surface area contributed by atoms with E-state index in [-0.39, 0.29) is 18.5 Å². The van der Waals surface area contributed by atoms with Gasteiger partial charge in [-0.3, -0.25) is 9.48 Å². The number of hydrogen-bond acceptors (Lipinski definition) is 4. The molecular weight excluding hydrogens is 274 g/mol. The maximum absolute atomic E-state index is 11.0. The molecule has 2 atom stereocenters. The van der Waals surface area contributed by atoms with Crippen molar-refractivity contribution in [3.05, 3.63) is 40.3 Å². The van der Waals surface area contributed by atoms with Crippen LogP contribution in [0.2, 0.25) is 0 Å². The van der Waals surface area contributed by atoms with Crippen LogP contribution in [0.1, 0.15) is 42.8 Å². The number of nitrogens with zero attached hydrogens (tertiary/aromatic N) is 2. The Kier molecular flexibility index (Phi) is 4.92. The highest BCUT2D eigenvalue weighted by Crippen LogP contribution is 2.25. The van der Waals surface area contributed by atoms with Crippen LogP contribution < -0.4 is 5.32 Å². The van der Waals surface area contributed by atoms with E-state index in [0.717, 1.165) is 17.0 Å². The minimum atomic E-state index is -0.799. The molecule has 0 spiro atoms. The molecule has 2 rings (SSSR count). The number of carbonyl (C=O) groups is 1. The summed E-state index contributed by atoms with van der Waals surface area (Å²) in [4.78, 5) is 12.1. The van der Waals surface area contributed by atoms with Crippen LogP contribution in [0.4, 0.5) is 0 Å². The third-order valence-corrected chi connectivity index (χ3v) is 4.18. The fourth-order valence-corrected chi connectivity index (χ4v) is 2.87. The maximum Gasteiger partial charge on any atom is 0.305 e. The number of hydrogen-bond donors (Lipinski definition) is 2. The molecule has 6 heteroatoms. The Morgan fingerprint density at radius 3 is 2.95 bits per heavy atom. The van der Waals surface area contributed by atoms with E-state index in [9.17, 15) is 4.79 Å². The van der Waals surface area contributed by atoms with Gasteiger partial charge in [-0.15, -0.1) is 11.3 Å². The fourth-order valence-electron chi connectivity index (χ4n) is 2.08. The first kappa shape index (κ1) is 14.7. The van der Waals surface area contributed by atoms with Gasteiger partial charge in [0.25, 0.3) is 0 Å². The summed E-state index contributed by atoms with van der Waals surface area (Å²) in [5, 5.41) is 18.7. The number of nitrogens with one attached hydrogen (secondary N) is 1. The lowest BCUT2D eigenvalue weighted by Gasteiger charge is -2.20. The van der Waals surface area contributed by atoms with Gasteiger partial charge in [-0.1, -0.05) is 6.07 Å². The lowest BCUT2D eigenvalue weighted by molar-refractivity contribution is -0.137. The first-order valence-corrected chi connectivity index (χ1v) is 7.51. The summed E-state index contributed by atoms with van der Waals surface area (Å²) in [6.07, 6.45) is 3.89. The second-order valence-corrected chi connectivity index (χ2v) is 5.66. The molecule has 2 unspecified atom stereocenters. The Balaban J connectivity index is 2.08. The summed E-state index contributed by atoms with van der Waals surface area (Å²) >= 11 is 1.57. The molecule has 20 heavy (non-hydrogen) atoms. The lowest BCUT2D eigenvalue weighted by atomic mass is 10.1. The molecule has 108 valence electrons. The largest absolute Gasteiger partial charge is 0.481 e. The third-order valence-electron chi connectivity index (χ3n) is 3.19. The highest BCUT2D eigenvalue weighted by atomic mass is 32.1. The van der Waals surface area contributed by atoms with Crippen LogP contribution in [-0.4, -0.2) is 20.9 Å². The van der Waals surface area contributed by atoms with E-state index in [1.807, 2.05) is 48.4 Å². The molecule has 0 saturated carbocycles. The van der Waals surface area contributed by atoms with Crippen LogP contribution in [-0.2, 0) is 11.3 Å². The summed E-state index contributed by atoms with van der Waals surface area (Å²) in [5.41, 5.74) is 1.07. The van der Waals surface area contributed by atoms with Gasteiger partial charge < -0.3 is 10.4 Å². The highest BCUT2D eigenvalue weighted by molar-refractivity contribution is 7.10. The molecule has 0 aliphatic heterocycles. The number of thiophene rings is 1. The van der Waals surface area contributed by atoms with E-state index in [1.54, 1.807) is 11.3 Å². The minimum absolute atomic E-state index is 0.0572. The Labute approximate surface area is 122 Å². The predicted octanol–water partition coefficient (Wildman–Crippen LogP) is 2.83. The van der Waals surface area contributed by atoms with Gasteiger partial charge in [0, 0.05) is 29.2 Å². The number of carboxylic acids is 1. The average molecular weight is 293 g/mol. The van der Waals surface area contributed by atoms with Gasteiger partial charge in [0.15, 0.2) is 0 Å². The van der Waals surface area contributed by atoms with Crippen molar-refractivity contribution >= 4 is 17.3 Å². The zero-order valence-electron chi connectivity index (χ0n) is 11.6. The molecular formula is C14H19N3O2S. The monoisotopic (exact) mass is 293 g/mol. The minimum Gasteiger partial charge on any atom is -0.481 e. The molecule has 0 amide bonds. The number of aliphatic carboxylic acids is 1. The first-order chi connectivity index (χ1) is 9.60. The second kappa shape index (κ2) is 6.67. The Morgan fingerprint density at radius 1 is 1.60 bits per heavy atom. The number of aryl methyl sites for hydroxylation is 1. The van der Waals surface area contributed by atoms with E-state index in [4.69, 9.17) is 5.11 Å². The molecule has 2 aromatic rings. The van der Waals surface area contributed by atoms with E-state index in [1.165, 1.54) is 0 Å². The van der Waals surface area contributed by atoms with Crippen molar-refractivity contribution in [3.63, 3.8) is 0 Å². The smallest absolute Gasteiger partial charge is 0.305 e. The zero-order valence-corrected chi connectivity index (χ0v) is 12.4. The SMILES string of the molecule is CCn1cc(C(C)NC(CC(=O)O)c2cccs2)cn1. The maximum atomic E-state index is 11.0. The standard InChI is InChI=1S/C14H19N3O2S/c1-3-17-9-11(8-15-17)10(2)16-12(7-14(18)19)13-5-4-6-20-13/h4-6,8-10,12,16H,3,7H2,1-2H3,(H,18,19). The molecule has 0 radical (unpaired) electrons. The summed E-state index contributed by atoms with van der Waals surface area (Å²) in [6.45, 7) is 4.89. The van der Waals surface area contributed by atoms with E-state index >= 15 is 0 Å². The lowest BCUT2D eigenvalue weighted by Crippen LogP contribution is -2.26. The Hall–Kier alpha value is -1.66. The van der Waals surface area contributed by atoms with Crippen molar-refractivity contribution in [1.29, 1.82) is 0 Å². The number of rotatable bonds is 7. The molecule has 2 heterocycles. The molecule has 0 saturated heterocycles. The van der Waals surface area contributed by atoms with Gasteiger partial charge in [0.1, 0.15) is 0 Å². The number of carboxylic acid groups (broad SMARTS) is 1. The summed E-state index contributed by atoms with van der Waals surface area (Å²) in [6, 6.07) is 3.79. The third kappa shape index (κ3) is 3.68. The molecule has 0 aromatic carbocycles. The molecule has 0 aliphatic rings. The van der Waals surface area contributed by atoms with Crippen molar-refractivity contribution < 1.29 is 9.90 Å². The highest BCUT2D eigenvalue weighted by Gasteiger charge is 2.20. The average Bonchev–Trinajstić information content (AvgIpc) is 3.08. The normalized spacial score (nSPS) is 14.1. The summed E-state index contributed by atoms with van der Waals surface area (Å²) < 4.78 is 1.87. The van der Waals surface area contributed by atoms with E-state index in [0.29, 0.717) is 0 Å². The second-order valence-electron chi connectivity index (χ2n) is 4.68. The summed E-state index contributed by atoms with van der Waals surface area (Å²) in [7, 11) is 0. The van der Waals surface area contributed by atoms with Crippen molar-refractivity contribution in [2.24, 2.45) is 0 Å². The quantitative estimate of drug-likeness (QED) is 0.823. The van der Waals surface area contributed by atoms with Crippen molar-refractivity contribution in [3.8, 4) is 0 Å². The van der Waals surface area contributed by atoms with Gasteiger partial charge in [0.05, 0.1) is 18.7 Å². The van der Waals surface area contributed by atoms with Crippen LogP contribution in [0.5, 0.6) is 0 Å².